The van der Waals surface area contributed by atoms with Crippen LogP contribution in [0.1, 0.15) is 51.7 Å². The monoisotopic (exact) mass is 407 g/mol. The molecule has 0 saturated carbocycles. The molecule has 2 aromatic carbocycles. The lowest BCUT2D eigenvalue weighted by atomic mass is 10.0. The maximum Gasteiger partial charge on any atom is 0.271 e. The van der Waals surface area contributed by atoms with E-state index in [4.69, 9.17) is 0 Å². The number of carbonyl (C=O) groups excluding carboxylic acids is 2. The van der Waals surface area contributed by atoms with Crippen molar-refractivity contribution >= 4 is 23.2 Å². The van der Waals surface area contributed by atoms with E-state index in [0.717, 1.165) is 16.1 Å². The van der Waals surface area contributed by atoms with Crippen molar-refractivity contribution in [1.29, 1.82) is 0 Å². The maximum atomic E-state index is 12.5. The van der Waals surface area contributed by atoms with E-state index < -0.39 is 0 Å². The van der Waals surface area contributed by atoms with Crippen LogP contribution in [0.4, 0.5) is 0 Å². The predicted octanol–water partition coefficient (Wildman–Crippen LogP) is 4.57. The molecule has 0 unspecified atom stereocenters. The first kappa shape index (κ1) is 20.7. The summed E-state index contributed by atoms with van der Waals surface area (Å²) >= 11 is 1.45. The standard InChI is InChI=1S/C23H25N3O2S/c1-15(2)17-8-10-18(11-9-17)22-25-20(14-29-22)21(27)24-13-16-6-5-7-19(12-16)23(28)26(3)4/h5-12,14-15H,13H2,1-4H3,(H,24,27). The summed E-state index contributed by atoms with van der Waals surface area (Å²) in [7, 11) is 3.43. The van der Waals surface area contributed by atoms with E-state index in [-0.39, 0.29) is 11.8 Å². The van der Waals surface area contributed by atoms with Crippen LogP contribution < -0.4 is 5.32 Å². The summed E-state index contributed by atoms with van der Waals surface area (Å²) in [4.78, 5) is 30.6. The van der Waals surface area contributed by atoms with Gasteiger partial charge in [-0.2, -0.15) is 0 Å². The van der Waals surface area contributed by atoms with Gasteiger partial charge in [-0.05, 0) is 29.2 Å². The second-order valence-electron chi connectivity index (χ2n) is 7.40. The van der Waals surface area contributed by atoms with Gasteiger partial charge in [0.2, 0.25) is 0 Å². The van der Waals surface area contributed by atoms with Crippen molar-refractivity contribution in [3.05, 3.63) is 76.3 Å². The van der Waals surface area contributed by atoms with Crippen LogP contribution in [0.15, 0.2) is 53.9 Å². The fraction of sp³-hybridized carbons (Fsp3) is 0.261. The molecule has 5 nitrogen and oxygen atoms in total. The molecule has 6 heteroatoms. The second kappa shape index (κ2) is 9.01. The minimum absolute atomic E-state index is 0.0641. The molecule has 1 aromatic heterocycles. The van der Waals surface area contributed by atoms with Crippen molar-refractivity contribution in [2.24, 2.45) is 0 Å². The first-order valence-electron chi connectivity index (χ1n) is 9.50. The summed E-state index contributed by atoms with van der Waals surface area (Å²) in [5.41, 5.74) is 4.15. The molecule has 0 atom stereocenters. The lowest BCUT2D eigenvalue weighted by Crippen LogP contribution is -2.24. The maximum absolute atomic E-state index is 12.5. The Kier molecular flexibility index (Phi) is 6.44. The number of benzene rings is 2. The van der Waals surface area contributed by atoms with Crippen LogP contribution in [0.25, 0.3) is 10.6 Å². The molecule has 29 heavy (non-hydrogen) atoms. The van der Waals surface area contributed by atoms with Crippen LogP contribution in [0.3, 0.4) is 0 Å². The highest BCUT2D eigenvalue weighted by molar-refractivity contribution is 7.13. The highest BCUT2D eigenvalue weighted by Gasteiger charge is 2.13. The van der Waals surface area contributed by atoms with Gasteiger partial charge in [0, 0.05) is 37.1 Å². The normalized spacial score (nSPS) is 10.8. The van der Waals surface area contributed by atoms with Gasteiger partial charge in [-0.1, -0.05) is 50.2 Å². The summed E-state index contributed by atoms with van der Waals surface area (Å²) in [6.07, 6.45) is 0. The van der Waals surface area contributed by atoms with Gasteiger partial charge >= 0.3 is 0 Å². The fourth-order valence-corrected chi connectivity index (χ4v) is 3.67. The predicted molar refractivity (Wildman–Crippen MR) is 117 cm³/mol. The molecular formula is C23H25N3O2S. The molecule has 150 valence electrons. The molecule has 0 aliphatic heterocycles. The van der Waals surface area contributed by atoms with Gasteiger partial charge in [0.05, 0.1) is 0 Å². The number of nitrogens with one attached hydrogen (secondary N) is 1. The number of nitrogens with zero attached hydrogens (tertiary/aromatic N) is 2. The number of hydrogen-bond acceptors (Lipinski definition) is 4. The topological polar surface area (TPSA) is 62.3 Å². The number of hydrogen-bond donors (Lipinski definition) is 1. The van der Waals surface area contributed by atoms with Gasteiger partial charge in [0.1, 0.15) is 10.7 Å². The van der Waals surface area contributed by atoms with Crippen molar-refractivity contribution < 1.29 is 9.59 Å². The van der Waals surface area contributed by atoms with Crippen LogP contribution >= 0.6 is 11.3 Å². The molecule has 0 spiro atoms. The van der Waals surface area contributed by atoms with E-state index in [1.807, 2.05) is 24.3 Å². The van der Waals surface area contributed by atoms with Crippen LogP contribution in [-0.2, 0) is 6.54 Å². The minimum Gasteiger partial charge on any atom is -0.347 e. The Labute approximate surface area is 175 Å². The largest absolute Gasteiger partial charge is 0.347 e. The lowest BCUT2D eigenvalue weighted by Gasteiger charge is -2.11. The smallest absolute Gasteiger partial charge is 0.271 e. The Morgan fingerprint density at radius 2 is 1.83 bits per heavy atom. The molecule has 0 bridgehead atoms. The summed E-state index contributed by atoms with van der Waals surface area (Å²) in [5.74, 6) is 0.189. The Balaban J connectivity index is 1.65. The summed E-state index contributed by atoms with van der Waals surface area (Å²) in [5, 5.41) is 5.47. The first-order chi connectivity index (χ1) is 13.8. The molecule has 1 heterocycles. The first-order valence-corrected chi connectivity index (χ1v) is 10.4. The van der Waals surface area contributed by atoms with E-state index >= 15 is 0 Å². The van der Waals surface area contributed by atoms with Crippen LogP contribution in [0, 0.1) is 0 Å². The zero-order chi connectivity index (χ0) is 21.0. The molecule has 3 aromatic rings. The van der Waals surface area contributed by atoms with Gasteiger partial charge in [0.15, 0.2) is 0 Å². The number of rotatable bonds is 6. The van der Waals surface area contributed by atoms with Crippen LogP contribution in [-0.4, -0.2) is 35.8 Å². The molecule has 0 aliphatic carbocycles. The SMILES string of the molecule is CC(C)c1ccc(-c2nc(C(=O)NCc3cccc(C(=O)N(C)C)c3)cs2)cc1. The molecule has 1 N–H and O–H groups in total. The number of thiazole rings is 1. The van der Waals surface area contributed by atoms with Crippen molar-refractivity contribution in [3.8, 4) is 10.6 Å². The minimum atomic E-state index is -0.226. The zero-order valence-electron chi connectivity index (χ0n) is 17.1. The molecule has 0 radical (unpaired) electrons. The van der Waals surface area contributed by atoms with Crippen molar-refractivity contribution in [1.82, 2.24) is 15.2 Å². The third kappa shape index (κ3) is 5.09. The summed E-state index contributed by atoms with van der Waals surface area (Å²) in [6.45, 7) is 4.66. The molecule has 2 amide bonds. The van der Waals surface area contributed by atoms with Gasteiger partial charge in [-0.15, -0.1) is 11.3 Å². The van der Waals surface area contributed by atoms with Gasteiger partial charge < -0.3 is 10.2 Å². The van der Waals surface area contributed by atoms with E-state index in [1.165, 1.54) is 21.8 Å². The van der Waals surface area contributed by atoms with Gasteiger partial charge in [-0.3, -0.25) is 9.59 Å². The molecule has 0 aliphatic rings. The Bertz CT molecular complexity index is 1010. The van der Waals surface area contributed by atoms with Crippen molar-refractivity contribution in [2.75, 3.05) is 14.1 Å². The Morgan fingerprint density at radius 1 is 1.10 bits per heavy atom. The van der Waals surface area contributed by atoms with E-state index in [1.54, 1.807) is 31.6 Å². The average molecular weight is 408 g/mol. The van der Waals surface area contributed by atoms with Crippen molar-refractivity contribution in [3.63, 3.8) is 0 Å². The van der Waals surface area contributed by atoms with E-state index in [2.05, 4.69) is 36.3 Å². The molecular weight excluding hydrogens is 382 g/mol. The third-order valence-electron chi connectivity index (χ3n) is 4.59. The molecule has 3 rings (SSSR count). The van der Waals surface area contributed by atoms with Crippen LogP contribution in [0.5, 0.6) is 0 Å². The highest BCUT2D eigenvalue weighted by atomic mass is 32.1. The molecule has 0 fully saturated rings. The summed E-state index contributed by atoms with van der Waals surface area (Å²) in [6, 6.07) is 15.6. The zero-order valence-corrected chi connectivity index (χ0v) is 17.9. The van der Waals surface area contributed by atoms with Gasteiger partial charge in [0.25, 0.3) is 11.8 Å². The lowest BCUT2D eigenvalue weighted by molar-refractivity contribution is 0.0827. The van der Waals surface area contributed by atoms with Gasteiger partial charge in [-0.25, -0.2) is 4.98 Å². The third-order valence-corrected chi connectivity index (χ3v) is 5.49. The number of amides is 2. The average Bonchev–Trinajstić information content (AvgIpc) is 3.22. The Hall–Kier alpha value is -2.99. The number of aromatic nitrogens is 1. The fourth-order valence-electron chi connectivity index (χ4n) is 2.87. The summed E-state index contributed by atoms with van der Waals surface area (Å²) < 4.78 is 0. The second-order valence-corrected chi connectivity index (χ2v) is 8.26. The number of carbonyl (C=O) groups is 2. The highest BCUT2D eigenvalue weighted by Crippen LogP contribution is 2.25. The van der Waals surface area contributed by atoms with E-state index in [9.17, 15) is 9.59 Å². The molecule has 0 saturated heterocycles. The van der Waals surface area contributed by atoms with Crippen molar-refractivity contribution in [2.45, 2.75) is 26.3 Å². The Morgan fingerprint density at radius 3 is 2.48 bits per heavy atom. The van der Waals surface area contributed by atoms with E-state index in [0.29, 0.717) is 23.7 Å². The van der Waals surface area contributed by atoms with Crippen LogP contribution in [0.2, 0.25) is 0 Å². The quantitative estimate of drug-likeness (QED) is 0.651.